The minimum atomic E-state index is -0.826. The molecule has 33 heavy (non-hydrogen) atoms. The summed E-state index contributed by atoms with van der Waals surface area (Å²) < 4.78 is 28.2. The summed E-state index contributed by atoms with van der Waals surface area (Å²) in [7, 11) is 0. The molecule has 0 aliphatic heterocycles. The summed E-state index contributed by atoms with van der Waals surface area (Å²) in [6, 6.07) is -0.836. The van der Waals surface area contributed by atoms with Gasteiger partial charge in [-0.15, -0.1) is 0 Å². The summed E-state index contributed by atoms with van der Waals surface area (Å²) >= 11 is 0. The van der Waals surface area contributed by atoms with Crippen LogP contribution in [-0.4, -0.2) is 47.3 Å². The zero-order chi connectivity index (χ0) is 24.3. The van der Waals surface area contributed by atoms with Gasteiger partial charge in [0.15, 0.2) is 11.7 Å². The predicted octanol–water partition coefficient (Wildman–Crippen LogP) is 4.51. The Morgan fingerprint density at radius 2 is 1.03 bits per heavy atom. The van der Waals surface area contributed by atoms with Crippen LogP contribution in [0.2, 0.25) is 0 Å². The number of hydrogen-bond acceptors (Lipinski definition) is 4. The van der Waals surface area contributed by atoms with Gasteiger partial charge in [-0.05, 0) is 69.9 Å². The molecule has 6 nitrogen and oxygen atoms in total. The topological polar surface area (TPSA) is 98.7 Å². The third kappa shape index (κ3) is 13.5. The van der Waals surface area contributed by atoms with Gasteiger partial charge in [-0.1, -0.05) is 38.5 Å². The van der Waals surface area contributed by atoms with E-state index in [9.17, 15) is 18.4 Å². The molecule has 0 saturated heterocycles. The van der Waals surface area contributed by atoms with Gasteiger partial charge in [0.25, 0.3) is 11.8 Å². The van der Waals surface area contributed by atoms with Crippen molar-refractivity contribution in [3.63, 3.8) is 0 Å². The summed E-state index contributed by atoms with van der Waals surface area (Å²) in [4.78, 5) is 24.3. The third-order valence-corrected chi connectivity index (χ3v) is 5.95. The van der Waals surface area contributed by atoms with Crippen LogP contribution in [0.25, 0.3) is 0 Å². The van der Waals surface area contributed by atoms with Gasteiger partial charge in [-0.25, -0.2) is 8.78 Å². The highest BCUT2D eigenvalue weighted by Gasteiger charge is 2.31. The van der Waals surface area contributed by atoms with Crippen molar-refractivity contribution in [2.75, 3.05) is 13.2 Å². The monoisotopic (exact) mass is 472 g/mol. The molecule has 1 fully saturated rings. The Bertz CT molecular complexity index is 574. The number of carbonyl (C=O) groups excluding carboxylic acids is 2. The number of allylic oxidation sites excluding steroid dienone is 2. The van der Waals surface area contributed by atoms with Crippen molar-refractivity contribution in [3.05, 3.63) is 23.8 Å². The lowest BCUT2D eigenvalue weighted by Gasteiger charge is -2.21. The van der Waals surface area contributed by atoms with Crippen LogP contribution in [0.4, 0.5) is 8.78 Å². The number of halogens is 2. The Morgan fingerprint density at radius 1 is 0.667 bits per heavy atom. The van der Waals surface area contributed by atoms with Crippen LogP contribution >= 0.6 is 0 Å². The summed E-state index contributed by atoms with van der Waals surface area (Å²) in [5.41, 5.74) is 0. The average molecular weight is 473 g/mol. The fourth-order valence-electron chi connectivity index (χ4n) is 4.00. The number of unbranched alkanes of at least 4 members (excludes halogenated alkanes) is 10. The van der Waals surface area contributed by atoms with Gasteiger partial charge in [0.2, 0.25) is 0 Å². The number of hydrogen-bond donors (Lipinski definition) is 4. The first-order valence-electron chi connectivity index (χ1n) is 12.5. The van der Waals surface area contributed by atoms with E-state index in [-0.39, 0.29) is 13.2 Å². The van der Waals surface area contributed by atoms with Crippen LogP contribution < -0.4 is 10.6 Å². The van der Waals surface area contributed by atoms with Gasteiger partial charge in [-0.3, -0.25) is 9.59 Å². The highest BCUT2D eigenvalue weighted by Crippen LogP contribution is 2.21. The molecule has 190 valence electrons. The van der Waals surface area contributed by atoms with Crippen molar-refractivity contribution in [1.29, 1.82) is 0 Å². The van der Waals surface area contributed by atoms with Crippen molar-refractivity contribution in [3.8, 4) is 0 Å². The van der Waals surface area contributed by atoms with Crippen LogP contribution in [0.5, 0.6) is 0 Å². The summed E-state index contributed by atoms with van der Waals surface area (Å²) in [5.74, 6) is -3.24. The van der Waals surface area contributed by atoms with Crippen LogP contribution in [0.15, 0.2) is 23.8 Å². The molecule has 0 unspecified atom stereocenters. The minimum Gasteiger partial charge on any atom is -0.396 e. The maximum Gasteiger partial charge on any atom is 0.279 e. The molecule has 0 heterocycles. The van der Waals surface area contributed by atoms with E-state index in [1.165, 1.54) is 12.2 Å². The Labute approximate surface area is 196 Å². The maximum atomic E-state index is 14.1. The summed E-state index contributed by atoms with van der Waals surface area (Å²) in [6.07, 6.45) is 14.3. The molecule has 0 aromatic rings. The molecule has 2 amide bonds. The third-order valence-electron chi connectivity index (χ3n) is 5.95. The highest BCUT2D eigenvalue weighted by atomic mass is 19.1. The van der Waals surface area contributed by atoms with Crippen LogP contribution in [0, 0.1) is 0 Å². The van der Waals surface area contributed by atoms with E-state index in [1.54, 1.807) is 0 Å². The first kappa shape index (κ1) is 29.2. The smallest absolute Gasteiger partial charge is 0.279 e. The molecule has 0 radical (unpaired) electrons. The summed E-state index contributed by atoms with van der Waals surface area (Å²) in [6.45, 7) is 0.375. The first-order valence-corrected chi connectivity index (χ1v) is 12.5. The van der Waals surface area contributed by atoms with Crippen molar-refractivity contribution in [1.82, 2.24) is 10.6 Å². The van der Waals surface area contributed by atoms with Gasteiger partial charge in [0.1, 0.15) is 0 Å². The van der Waals surface area contributed by atoms with E-state index >= 15 is 0 Å². The standard InChI is InChI=1S/C25H42F2N2O4/c26-20(14-9-5-1-3-7-11-18-30)24(32)28-22-16-13-17-23(22)29-25(33)21(27)15-10-6-2-4-8-12-19-31/h14-15,22-23,30-31H,1-13,16-19H2,(H,28,32)(H,29,33)/b20-14-,21-15-/t22-,23+. The number of amides is 2. The molecule has 1 rings (SSSR count). The van der Waals surface area contributed by atoms with Crippen LogP contribution in [0.3, 0.4) is 0 Å². The number of rotatable bonds is 18. The molecule has 1 aliphatic rings. The van der Waals surface area contributed by atoms with E-state index in [1.807, 2.05) is 0 Å². The zero-order valence-electron chi connectivity index (χ0n) is 19.8. The first-order chi connectivity index (χ1) is 16.0. The van der Waals surface area contributed by atoms with Crippen molar-refractivity contribution < 1.29 is 28.6 Å². The number of carbonyl (C=O) groups is 2. The van der Waals surface area contributed by atoms with E-state index in [0.29, 0.717) is 25.7 Å². The SMILES string of the molecule is O=C(N[C@H]1CCC[C@H]1NC(=O)/C(F)=C/CCCCCCCO)/C(F)=C/CCCCCCCO. The van der Waals surface area contributed by atoms with Crippen LogP contribution in [-0.2, 0) is 9.59 Å². The molecule has 1 aliphatic carbocycles. The fourth-order valence-corrected chi connectivity index (χ4v) is 4.00. The van der Waals surface area contributed by atoms with Crippen molar-refractivity contribution in [2.45, 2.75) is 108 Å². The van der Waals surface area contributed by atoms with Crippen molar-refractivity contribution >= 4 is 11.8 Å². The second kappa shape index (κ2) is 18.6. The lowest BCUT2D eigenvalue weighted by molar-refractivity contribution is -0.122. The Morgan fingerprint density at radius 3 is 1.42 bits per heavy atom. The minimum absolute atomic E-state index is 0.187. The zero-order valence-corrected chi connectivity index (χ0v) is 19.8. The van der Waals surface area contributed by atoms with Gasteiger partial charge in [0.05, 0.1) is 0 Å². The number of aliphatic hydroxyl groups excluding tert-OH is 2. The molecule has 0 bridgehead atoms. The normalized spacial score (nSPS) is 19.0. The Hall–Kier alpha value is -1.80. The van der Waals surface area contributed by atoms with Gasteiger partial charge < -0.3 is 20.8 Å². The molecule has 2 atom stereocenters. The number of nitrogens with one attached hydrogen (secondary N) is 2. The second-order valence-corrected chi connectivity index (χ2v) is 8.76. The molecule has 0 aromatic carbocycles. The average Bonchev–Trinajstić information content (AvgIpc) is 3.23. The molecule has 4 N–H and O–H groups in total. The maximum absolute atomic E-state index is 14.1. The fraction of sp³-hybridized carbons (Fsp3) is 0.760. The lowest BCUT2D eigenvalue weighted by atomic mass is 10.1. The van der Waals surface area contributed by atoms with Gasteiger partial charge in [0, 0.05) is 25.3 Å². The molecular weight excluding hydrogens is 430 g/mol. The van der Waals surface area contributed by atoms with Crippen LogP contribution in [0.1, 0.15) is 96.3 Å². The highest BCUT2D eigenvalue weighted by molar-refractivity contribution is 5.92. The molecule has 1 saturated carbocycles. The summed E-state index contributed by atoms with van der Waals surface area (Å²) in [5, 5.41) is 22.7. The molecule has 0 spiro atoms. The quantitative estimate of drug-likeness (QED) is 0.174. The van der Waals surface area contributed by atoms with Gasteiger partial charge >= 0.3 is 0 Å². The second-order valence-electron chi connectivity index (χ2n) is 8.76. The van der Waals surface area contributed by atoms with E-state index < -0.39 is 35.6 Å². The van der Waals surface area contributed by atoms with E-state index in [0.717, 1.165) is 70.6 Å². The Kier molecular flexibility index (Phi) is 16.5. The largest absolute Gasteiger partial charge is 0.396 e. The van der Waals surface area contributed by atoms with Crippen molar-refractivity contribution in [2.24, 2.45) is 0 Å². The van der Waals surface area contributed by atoms with E-state index in [2.05, 4.69) is 10.6 Å². The lowest BCUT2D eigenvalue weighted by Crippen LogP contribution is -2.48. The Balaban J connectivity index is 2.34. The molecule has 0 aromatic heterocycles. The van der Waals surface area contributed by atoms with E-state index in [4.69, 9.17) is 10.2 Å². The number of aliphatic hydroxyl groups is 2. The predicted molar refractivity (Wildman–Crippen MR) is 126 cm³/mol. The van der Waals surface area contributed by atoms with Gasteiger partial charge in [-0.2, -0.15) is 0 Å². The molecular formula is C25H42F2N2O4. The molecule has 8 heteroatoms.